The fourth-order valence-electron chi connectivity index (χ4n) is 1.87. The summed E-state index contributed by atoms with van der Waals surface area (Å²) in [6.45, 7) is 0.370. The van der Waals surface area contributed by atoms with Crippen LogP contribution < -0.4 is 11.1 Å². The number of hydrogen-bond donors (Lipinski definition) is 3. The number of aliphatic hydroxyl groups excluding tert-OH is 1. The SMILES string of the molecule is NCCC(=O)NC1CCCCCC1O. The van der Waals surface area contributed by atoms with Crippen LogP contribution in [0.3, 0.4) is 0 Å². The third-order valence-electron chi connectivity index (χ3n) is 2.70. The Morgan fingerprint density at radius 1 is 1.36 bits per heavy atom. The van der Waals surface area contributed by atoms with Crippen LogP contribution in [0.5, 0.6) is 0 Å². The number of nitrogens with two attached hydrogens (primary N) is 1. The second-order valence-electron chi connectivity index (χ2n) is 3.92. The molecule has 1 fully saturated rings. The summed E-state index contributed by atoms with van der Waals surface area (Å²) in [6.07, 6.45) is 4.96. The first-order valence-electron chi connectivity index (χ1n) is 5.41. The molecule has 0 aliphatic heterocycles. The Hall–Kier alpha value is -0.610. The Kier molecular flexibility index (Phi) is 4.90. The fraction of sp³-hybridized carbons (Fsp3) is 0.900. The molecule has 1 aliphatic carbocycles. The van der Waals surface area contributed by atoms with E-state index in [1.54, 1.807) is 0 Å². The highest BCUT2D eigenvalue weighted by molar-refractivity contribution is 5.76. The van der Waals surface area contributed by atoms with Gasteiger partial charge < -0.3 is 16.2 Å². The molecule has 0 heterocycles. The molecule has 1 aliphatic rings. The summed E-state index contributed by atoms with van der Waals surface area (Å²) in [4.78, 5) is 11.3. The van der Waals surface area contributed by atoms with E-state index in [0.717, 1.165) is 32.1 Å². The molecule has 0 saturated heterocycles. The molecule has 82 valence electrons. The normalized spacial score (nSPS) is 28.1. The van der Waals surface area contributed by atoms with E-state index in [-0.39, 0.29) is 18.1 Å². The van der Waals surface area contributed by atoms with E-state index < -0.39 is 0 Å². The first-order chi connectivity index (χ1) is 6.74. The summed E-state index contributed by atoms with van der Waals surface area (Å²) < 4.78 is 0. The predicted octanol–water partition coefficient (Wildman–Crippen LogP) is 0.145. The lowest BCUT2D eigenvalue weighted by atomic mass is 10.1. The highest BCUT2D eigenvalue weighted by Crippen LogP contribution is 2.17. The molecular formula is C10H20N2O2. The third-order valence-corrected chi connectivity index (χ3v) is 2.70. The Bertz CT molecular complexity index is 185. The van der Waals surface area contributed by atoms with Crippen LogP contribution in [0.1, 0.15) is 38.5 Å². The summed E-state index contributed by atoms with van der Waals surface area (Å²) in [5, 5.41) is 12.6. The summed E-state index contributed by atoms with van der Waals surface area (Å²) in [7, 11) is 0. The minimum Gasteiger partial charge on any atom is -0.391 e. The maximum Gasteiger partial charge on any atom is 0.221 e. The van der Waals surface area contributed by atoms with Gasteiger partial charge in [0.25, 0.3) is 0 Å². The fourth-order valence-corrected chi connectivity index (χ4v) is 1.87. The van der Waals surface area contributed by atoms with Crippen molar-refractivity contribution in [2.75, 3.05) is 6.54 Å². The molecule has 0 spiro atoms. The van der Waals surface area contributed by atoms with Gasteiger partial charge in [0, 0.05) is 13.0 Å². The Morgan fingerprint density at radius 3 is 2.79 bits per heavy atom. The summed E-state index contributed by atoms with van der Waals surface area (Å²) >= 11 is 0. The van der Waals surface area contributed by atoms with Crippen LogP contribution in [0.4, 0.5) is 0 Å². The van der Waals surface area contributed by atoms with Crippen molar-refractivity contribution in [3.8, 4) is 0 Å². The van der Waals surface area contributed by atoms with Crippen LogP contribution in [-0.2, 0) is 4.79 Å². The highest BCUT2D eigenvalue weighted by Gasteiger charge is 2.22. The Morgan fingerprint density at radius 2 is 2.07 bits per heavy atom. The zero-order chi connectivity index (χ0) is 10.4. The minimum atomic E-state index is -0.376. The molecule has 0 aromatic heterocycles. The van der Waals surface area contributed by atoms with Crippen molar-refractivity contribution in [1.29, 1.82) is 0 Å². The predicted molar refractivity (Wildman–Crippen MR) is 54.7 cm³/mol. The molecule has 14 heavy (non-hydrogen) atoms. The van der Waals surface area contributed by atoms with Gasteiger partial charge in [0.15, 0.2) is 0 Å². The number of aliphatic hydroxyl groups is 1. The average molecular weight is 200 g/mol. The van der Waals surface area contributed by atoms with Crippen molar-refractivity contribution >= 4 is 5.91 Å². The van der Waals surface area contributed by atoms with Crippen molar-refractivity contribution in [1.82, 2.24) is 5.32 Å². The smallest absolute Gasteiger partial charge is 0.221 e. The number of rotatable bonds is 3. The highest BCUT2D eigenvalue weighted by atomic mass is 16.3. The molecule has 2 unspecified atom stereocenters. The monoisotopic (exact) mass is 200 g/mol. The lowest BCUT2D eigenvalue weighted by Gasteiger charge is -2.21. The summed E-state index contributed by atoms with van der Waals surface area (Å²) in [5.74, 6) is -0.0431. The second kappa shape index (κ2) is 5.98. The van der Waals surface area contributed by atoms with Crippen molar-refractivity contribution < 1.29 is 9.90 Å². The van der Waals surface area contributed by atoms with E-state index in [2.05, 4.69) is 5.32 Å². The van der Waals surface area contributed by atoms with E-state index in [9.17, 15) is 9.90 Å². The van der Waals surface area contributed by atoms with Gasteiger partial charge in [0.2, 0.25) is 5.91 Å². The first-order valence-corrected chi connectivity index (χ1v) is 5.41. The van der Waals surface area contributed by atoms with Gasteiger partial charge in [-0.25, -0.2) is 0 Å². The van der Waals surface area contributed by atoms with Crippen LogP contribution in [0.15, 0.2) is 0 Å². The van der Waals surface area contributed by atoms with E-state index in [1.165, 1.54) is 0 Å². The molecule has 0 aromatic rings. The number of carbonyl (C=O) groups is 1. The molecule has 4 nitrogen and oxygen atoms in total. The lowest BCUT2D eigenvalue weighted by molar-refractivity contribution is -0.122. The van der Waals surface area contributed by atoms with E-state index >= 15 is 0 Å². The molecule has 1 rings (SSSR count). The molecule has 1 saturated carbocycles. The number of nitrogens with one attached hydrogen (secondary N) is 1. The summed E-state index contributed by atoms with van der Waals surface area (Å²) in [6, 6.07) is -0.0588. The number of amides is 1. The standard InChI is InChI=1S/C10H20N2O2/c11-7-6-10(14)12-8-4-2-1-3-5-9(8)13/h8-9,13H,1-7,11H2,(H,12,14). The zero-order valence-electron chi connectivity index (χ0n) is 8.54. The molecular weight excluding hydrogens is 180 g/mol. The van der Waals surface area contributed by atoms with Gasteiger partial charge in [-0.3, -0.25) is 4.79 Å². The largest absolute Gasteiger partial charge is 0.391 e. The zero-order valence-corrected chi connectivity index (χ0v) is 8.54. The minimum absolute atomic E-state index is 0.0431. The van der Waals surface area contributed by atoms with Gasteiger partial charge in [-0.15, -0.1) is 0 Å². The molecule has 1 amide bonds. The quantitative estimate of drug-likeness (QED) is 0.567. The van der Waals surface area contributed by atoms with Crippen molar-refractivity contribution in [2.24, 2.45) is 5.73 Å². The van der Waals surface area contributed by atoms with Crippen molar-refractivity contribution in [2.45, 2.75) is 50.7 Å². The van der Waals surface area contributed by atoms with Crippen molar-refractivity contribution in [3.05, 3.63) is 0 Å². The molecule has 0 aromatic carbocycles. The first kappa shape index (κ1) is 11.5. The molecule has 0 bridgehead atoms. The van der Waals surface area contributed by atoms with Gasteiger partial charge in [-0.2, -0.15) is 0 Å². The van der Waals surface area contributed by atoms with Crippen LogP contribution in [0.25, 0.3) is 0 Å². The maximum absolute atomic E-state index is 11.3. The van der Waals surface area contributed by atoms with E-state index in [0.29, 0.717) is 13.0 Å². The van der Waals surface area contributed by atoms with Crippen LogP contribution in [0.2, 0.25) is 0 Å². The van der Waals surface area contributed by atoms with Gasteiger partial charge in [-0.05, 0) is 12.8 Å². The van der Waals surface area contributed by atoms with Gasteiger partial charge in [0.1, 0.15) is 0 Å². The van der Waals surface area contributed by atoms with Gasteiger partial charge >= 0.3 is 0 Å². The molecule has 0 radical (unpaired) electrons. The number of carbonyl (C=O) groups excluding carboxylic acids is 1. The van der Waals surface area contributed by atoms with Gasteiger partial charge in [-0.1, -0.05) is 19.3 Å². The van der Waals surface area contributed by atoms with Gasteiger partial charge in [0.05, 0.1) is 12.1 Å². The Balaban J connectivity index is 2.36. The van der Waals surface area contributed by atoms with Crippen LogP contribution in [0, 0.1) is 0 Å². The lowest BCUT2D eigenvalue weighted by Crippen LogP contribution is -2.43. The molecule has 4 N–H and O–H groups in total. The Labute approximate surface area is 84.9 Å². The van der Waals surface area contributed by atoms with Crippen molar-refractivity contribution in [3.63, 3.8) is 0 Å². The molecule has 2 atom stereocenters. The summed E-state index contributed by atoms with van der Waals surface area (Å²) in [5.41, 5.74) is 5.28. The van der Waals surface area contributed by atoms with E-state index in [1.807, 2.05) is 0 Å². The second-order valence-corrected chi connectivity index (χ2v) is 3.92. The number of hydrogen-bond acceptors (Lipinski definition) is 3. The van der Waals surface area contributed by atoms with E-state index in [4.69, 9.17) is 5.73 Å². The third kappa shape index (κ3) is 3.64. The maximum atomic E-state index is 11.3. The molecule has 4 heteroatoms. The topological polar surface area (TPSA) is 75.4 Å². The average Bonchev–Trinajstić information content (AvgIpc) is 2.33. The van der Waals surface area contributed by atoms with Crippen LogP contribution in [-0.4, -0.2) is 29.7 Å². The van der Waals surface area contributed by atoms with Crippen LogP contribution >= 0.6 is 0 Å².